The third-order valence-electron chi connectivity index (χ3n) is 1.99. The largest absolute Gasteiger partial charge is 0.346 e. The molecular weight excluding hydrogens is 400 g/mol. The second kappa shape index (κ2) is 7.42. The van der Waals surface area contributed by atoms with E-state index in [2.05, 4.69) is 5.32 Å². The molecule has 3 nitrogen and oxygen atoms in total. The molecule has 0 unspecified atom stereocenters. The van der Waals surface area contributed by atoms with E-state index < -0.39 is 24.9 Å². The summed E-state index contributed by atoms with van der Waals surface area (Å²) in [5.41, 5.74) is 5.09. The van der Waals surface area contributed by atoms with Crippen LogP contribution in [0.25, 0.3) is 0 Å². The molecule has 0 aromatic heterocycles. The summed E-state index contributed by atoms with van der Waals surface area (Å²) in [5, 5.41) is 2.51. The first-order valence-corrected chi connectivity index (χ1v) is 6.12. The molecule has 8 heteroatoms. The van der Waals surface area contributed by atoms with Crippen molar-refractivity contribution in [2.24, 2.45) is 5.73 Å². The van der Waals surface area contributed by atoms with Crippen molar-refractivity contribution in [3.8, 4) is 0 Å². The topological polar surface area (TPSA) is 55.1 Å². The van der Waals surface area contributed by atoms with Gasteiger partial charge in [-0.15, -0.1) is 12.4 Å². The second-order valence-electron chi connectivity index (χ2n) is 3.37. The maximum atomic E-state index is 12.8. The van der Waals surface area contributed by atoms with E-state index in [9.17, 15) is 13.6 Å². The van der Waals surface area contributed by atoms with Crippen LogP contribution in [0, 0.1) is 3.57 Å². The van der Waals surface area contributed by atoms with Gasteiger partial charge in [-0.2, -0.15) is 0 Å². The summed E-state index contributed by atoms with van der Waals surface area (Å²) < 4.78 is 26.4. The van der Waals surface area contributed by atoms with E-state index in [-0.39, 0.29) is 18.0 Å². The van der Waals surface area contributed by atoms with Crippen LogP contribution in [0.15, 0.2) is 18.2 Å². The fraction of sp³-hybridized carbons (Fsp3) is 0.300. The highest BCUT2D eigenvalue weighted by Crippen LogP contribution is 2.19. The Kier molecular flexibility index (Phi) is 7.34. The van der Waals surface area contributed by atoms with Crippen molar-refractivity contribution in [3.63, 3.8) is 0 Å². The molecule has 102 valence electrons. The van der Waals surface area contributed by atoms with Crippen molar-refractivity contribution in [2.45, 2.75) is 5.92 Å². The predicted molar refractivity (Wildman–Crippen MR) is 77.8 cm³/mol. The zero-order valence-electron chi connectivity index (χ0n) is 9.05. The van der Waals surface area contributed by atoms with Crippen LogP contribution in [-0.2, 0) is 0 Å². The van der Waals surface area contributed by atoms with Crippen molar-refractivity contribution in [1.29, 1.82) is 0 Å². The average Bonchev–Trinajstić information content (AvgIpc) is 2.30. The SMILES string of the molecule is Cl.NCC(F)(F)CNC(=O)c1ccc(I)c(Cl)c1. The van der Waals surface area contributed by atoms with Crippen LogP contribution in [-0.4, -0.2) is 24.9 Å². The summed E-state index contributed by atoms with van der Waals surface area (Å²) in [5.74, 6) is -3.70. The summed E-state index contributed by atoms with van der Waals surface area (Å²) in [6.45, 7) is -1.59. The molecule has 0 fully saturated rings. The van der Waals surface area contributed by atoms with E-state index >= 15 is 0 Å². The van der Waals surface area contributed by atoms with Gasteiger partial charge in [-0.1, -0.05) is 11.6 Å². The molecule has 0 spiro atoms. The third-order valence-corrected chi connectivity index (χ3v) is 3.56. The number of nitrogens with two attached hydrogens (primary N) is 1. The van der Waals surface area contributed by atoms with Gasteiger partial charge in [0.1, 0.15) is 0 Å². The minimum Gasteiger partial charge on any atom is -0.346 e. The van der Waals surface area contributed by atoms with E-state index in [1.165, 1.54) is 12.1 Å². The minimum atomic E-state index is -3.09. The molecule has 18 heavy (non-hydrogen) atoms. The normalized spacial score (nSPS) is 10.7. The van der Waals surface area contributed by atoms with Gasteiger partial charge in [-0.3, -0.25) is 4.79 Å². The lowest BCUT2D eigenvalue weighted by Gasteiger charge is -2.14. The van der Waals surface area contributed by atoms with Crippen LogP contribution in [0.3, 0.4) is 0 Å². The first kappa shape index (κ1) is 17.8. The van der Waals surface area contributed by atoms with Crippen LogP contribution in [0.2, 0.25) is 5.02 Å². The number of carbonyl (C=O) groups excluding carboxylic acids is 1. The van der Waals surface area contributed by atoms with Crippen molar-refractivity contribution < 1.29 is 13.6 Å². The fourth-order valence-corrected chi connectivity index (χ4v) is 1.54. The first-order chi connectivity index (χ1) is 7.85. The van der Waals surface area contributed by atoms with E-state index in [1.807, 2.05) is 22.6 Å². The molecule has 0 saturated carbocycles. The summed E-state index contributed by atoms with van der Waals surface area (Å²) in [6.07, 6.45) is 0. The standard InChI is InChI=1S/C10H10ClF2IN2O.ClH/c11-7-3-6(1-2-8(7)14)9(17)16-5-10(12,13)4-15;/h1-3H,4-5,15H2,(H,16,17);1H. The third kappa shape index (κ3) is 5.21. The first-order valence-electron chi connectivity index (χ1n) is 4.67. The van der Waals surface area contributed by atoms with Gasteiger partial charge in [0.2, 0.25) is 0 Å². The van der Waals surface area contributed by atoms with Gasteiger partial charge in [-0.25, -0.2) is 8.78 Å². The summed E-state index contributed by atoms with van der Waals surface area (Å²) >= 11 is 7.82. The molecule has 1 aromatic rings. The number of hydrogen-bond donors (Lipinski definition) is 2. The van der Waals surface area contributed by atoms with Gasteiger partial charge >= 0.3 is 0 Å². The van der Waals surface area contributed by atoms with Crippen LogP contribution in [0.4, 0.5) is 8.78 Å². The molecule has 0 aliphatic carbocycles. The number of alkyl halides is 2. The predicted octanol–water partition coefficient (Wildman–Crippen LogP) is 2.69. The lowest BCUT2D eigenvalue weighted by atomic mass is 10.2. The number of hydrogen-bond acceptors (Lipinski definition) is 2. The van der Waals surface area contributed by atoms with Gasteiger partial charge in [-0.05, 0) is 40.8 Å². The molecule has 0 saturated heterocycles. The van der Waals surface area contributed by atoms with Crippen LogP contribution in [0.1, 0.15) is 10.4 Å². The Balaban J connectivity index is 0.00000289. The number of benzene rings is 1. The molecule has 0 aliphatic rings. The van der Waals surface area contributed by atoms with Crippen LogP contribution >= 0.6 is 46.6 Å². The summed E-state index contributed by atoms with van der Waals surface area (Å²) in [7, 11) is 0. The van der Waals surface area contributed by atoms with Gasteiger partial charge in [0, 0.05) is 9.13 Å². The van der Waals surface area contributed by atoms with Crippen LogP contribution in [0.5, 0.6) is 0 Å². The Bertz CT molecular complexity index is 432. The maximum Gasteiger partial charge on any atom is 0.277 e. The molecular formula is C10H11Cl2F2IN2O. The zero-order chi connectivity index (χ0) is 13.1. The van der Waals surface area contributed by atoms with E-state index in [1.54, 1.807) is 6.07 Å². The van der Waals surface area contributed by atoms with Gasteiger partial charge in [0.05, 0.1) is 18.1 Å². The van der Waals surface area contributed by atoms with Gasteiger partial charge < -0.3 is 11.1 Å². The summed E-state index contributed by atoms with van der Waals surface area (Å²) in [6, 6.07) is 4.59. The highest BCUT2D eigenvalue weighted by atomic mass is 127. The lowest BCUT2D eigenvalue weighted by molar-refractivity contribution is 0.0118. The molecule has 0 aliphatic heterocycles. The Morgan fingerprint density at radius 1 is 1.50 bits per heavy atom. The fourth-order valence-electron chi connectivity index (χ4n) is 1.02. The number of amides is 1. The Hall–Kier alpha value is -0.180. The zero-order valence-corrected chi connectivity index (χ0v) is 12.8. The number of halogens is 5. The molecule has 1 amide bonds. The van der Waals surface area contributed by atoms with E-state index in [0.29, 0.717) is 5.02 Å². The van der Waals surface area contributed by atoms with Crippen molar-refractivity contribution >= 4 is 52.5 Å². The van der Waals surface area contributed by atoms with Crippen molar-refractivity contribution in [1.82, 2.24) is 5.32 Å². The molecule has 0 radical (unpaired) electrons. The Morgan fingerprint density at radius 3 is 2.61 bits per heavy atom. The highest BCUT2D eigenvalue weighted by Gasteiger charge is 2.27. The smallest absolute Gasteiger partial charge is 0.277 e. The molecule has 0 heterocycles. The van der Waals surface area contributed by atoms with Crippen molar-refractivity contribution in [2.75, 3.05) is 13.1 Å². The lowest BCUT2D eigenvalue weighted by Crippen LogP contribution is -2.41. The molecule has 0 bridgehead atoms. The molecule has 3 N–H and O–H groups in total. The quantitative estimate of drug-likeness (QED) is 0.750. The van der Waals surface area contributed by atoms with E-state index in [0.717, 1.165) is 3.57 Å². The number of nitrogens with one attached hydrogen (secondary N) is 1. The highest BCUT2D eigenvalue weighted by molar-refractivity contribution is 14.1. The molecule has 1 aromatic carbocycles. The van der Waals surface area contributed by atoms with Gasteiger partial charge in [0.15, 0.2) is 0 Å². The van der Waals surface area contributed by atoms with Crippen LogP contribution < -0.4 is 11.1 Å². The van der Waals surface area contributed by atoms with Crippen molar-refractivity contribution in [3.05, 3.63) is 32.4 Å². The second-order valence-corrected chi connectivity index (χ2v) is 4.94. The Labute approximate surface area is 128 Å². The van der Waals surface area contributed by atoms with Gasteiger partial charge in [0.25, 0.3) is 11.8 Å². The maximum absolute atomic E-state index is 12.8. The summed E-state index contributed by atoms with van der Waals surface area (Å²) in [4.78, 5) is 11.5. The number of rotatable bonds is 4. The van der Waals surface area contributed by atoms with E-state index in [4.69, 9.17) is 17.3 Å². The molecule has 1 rings (SSSR count). The number of carbonyl (C=O) groups is 1. The minimum absolute atomic E-state index is 0. The monoisotopic (exact) mass is 410 g/mol. The molecule has 0 atom stereocenters. The average molecular weight is 411 g/mol. The Morgan fingerprint density at radius 2 is 2.11 bits per heavy atom.